The molecule has 1 rings (SSSR count). The van der Waals surface area contributed by atoms with Gasteiger partial charge in [0.1, 0.15) is 5.82 Å². The van der Waals surface area contributed by atoms with Crippen LogP contribution >= 0.6 is 28.1 Å². The van der Waals surface area contributed by atoms with Crippen LogP contribution in [0.1, 0.15) is 32.3 Å². The van der Waals surface area contributed by atoms with Gasteiger partial charge >= 0.3 is 0 Å². The van der Waals surface area contributed by atoms with Crippen LogP contribution in [0.15, 0.2) is 16.6 Å². The Balaban J connectivity index is 3.12. The van der Waals surface area contributed by atoms with Crippen LogP contribution in [0, 0.1) is 18.2 Å². The smallest absolute Gasteiger partial charge is 0.237 e. The summed E-state index contributed by atoms with van der Waals surface area (Å²) in [6.07, 6.45) is 1.04. The number of carbonyl (C=O) groups excluding carboxylic acids is 1. The van der Waals surface area contributed by atoms with Crippen molar-refractivity contribution in [2.75, 3.05) is 5.32 Å². The number of hydrogen-bond acceptors (Lipinski definition) is 2. The van der Waals surface area contributed by atoms with Gasteiger partial charge in [0, 0.05) is 5.69 Å². The Morgan fingerprint density at radius 3 is 2.45 bits per heavy atom. The maximum absolute atomic E-state index is 13.4. The highest BCUT2D eigenvalue weighted by Gasteiger charge is 2.38. The fourth-order valence-corrected chi connectivity index (χ4v) is 2.78. The number of aryl methyl sites for hydroxylation is 1. The average molecular weight is 361 g/mol. The first-order chi connectivity index (χ1) is 9.28. The lowest BCUT2D eigenvalue weighted by Gasteiger charge is -2.29. The fourth-order valence-electron chi connectivity index (χ4n) is 2.05. The molecule has 0 fully saturated rings. The number of halogens is 2. The number of nitrogens with one attached hydrogen (secondary N) is 1. The molecule has 0 aliphatic carbocycles. The van der Waals surface area contributed by atoms with E-state index in [9.17, 15) is 9.18 Å². The van der Waals surface area contributed by atoms with Crippen LogP contribution in [0.2, 0.25) is 0 Å². The van der Waals surface area contributed by atoms with Gasteiger partial charge in [-0.2, -0.15) is 0 Å². The molecule has 110 valence electrons. The summed E-state index contributed by atoms with van der Waals surface area (Å²) in [6.45, 7) is 5.47. The molecule has 1 amide bonds. The number of carbonyl (C=O) groups is 1. The van der Waals surface area contributed by atoms with Crippen LogP contribution < -0.4 is 11.1 Å². The monoisotopic (exact) mass is 360 g/mol. The van der Waals surface area contributed by atoms with Gasteiger partial charge < -0.3 is 11.1 Å². The first kappa shape index (κ1) is 17.0. The Morgan fingerprint density at radius 2 is 2.00 bits per heavy atom. The summed E-state index contributed by atoms with van der Waals surface area (Å²) in [5.41, 5.74) is 6.06. The molecule has 0 saturated heterocycles. The molecule has 0 saturated carbocycles. The van der Waals surface area contributed by atoms with E-state index in [2.05, 4.69) is 21.2 Å². The van der Waals surface area contributed by atoms with E-state index in [1.165, 1.54) is 12.1 Å². The molecule has 0 unspecified atom stereocenters. The zero-order valence-electron chi connectivity index (χ0n) is 11.7. The third-order valence-electron chi connectivity index (χ3n) is 3.63. The number of nitrogens with two attached hydrogens (primary N) is 1. The number of anilines is 1. The van der Waals surface area contributed by atoms with E-state index < -0.39 is 5.41 Å². The molecule has 0 aliphatic heterocycles. The predicted molar refractivity (Wildman–Crippen MR) is 87.3 cm³/mol. The Bertz CT molecular complexity index is 544. The van der Waals surface area contributed by atoms with E-state index in [4.69, 9.17) is 18.0 Å². The van der Waals surface area contributed by atoms with Crippen LogP contribution in [0.5, 0.6) is 0 Å². The second kappa shape index (κ2) is 6.63. The molecule has 0 radical (unpaired) electrons. The number of benzene rings is 1. The van der Waals surface area contributed by atoms with Crippen molar-refractivity contribution in [2.24, 2.45) is 11.1 Å². The molecule has 0 atom stereocenters. The van der Waals surface area contributed by atoms with Crippen molar-refractivity contribution in [3.05, 3.63) is 28.0 Å². The highest BCUT2D eigenvalue weighted by molar-refractivity contribution is 9.10. The SMILES string of the molecule is CCC(CC)(C(=O)Nc1cc(Br)c(F)cc1C)C(N)=S. The Kier molecular flexibility index (Phi) is 5.65. The van der Waals surface area contributed by atoms with E-state index in [-0.39, 0.29) is 16.7 Å². The maximum atomic E-state index is 13.4. The molecular weight excluding hydrogens is 343 g/mol. The van der Waals surface area contributed by atoms with Crippen LogP contribution in [0.4, 0.5) is 10.1 Å². The predicted octanol–water partition coefficient (Wildman–Crippen LogP) is 3.93. The largest absolute Gasteiger partial charge is 0.392 e. The molecule has 1 aromatic carbocycles. The minimum Gasteiger partial charge on any atom is -0.392 e. The molecular formula is C14H18BrFN2OS. The van der Waals surface area contributed by atoms with E-state index in [0.29, 0.717) is 28.6 Å². The molecule has 1 aromatic rings. The quantitative estimate of drug-likeness (QED) is 0.782. The van der Waals surface area contributed by atoms with Gasteiger partial charge in [-0.15, -0.1) is 0 Å². The van der Waals surface area contributed by atoms with Gasteiger partial charge in [-0.25, -0.2) is 4.39 Å². The summed E-state index contributed by atoms with van der Waals surface area (Å²) in [6, 6.07) is 2.90. The molecule has 0 aromatic heterocycles. The van der Waals surface area contributed by atoms with Gasteiger partial charge in [0.2, 0.25) is 5.91 Å². The topological polar surface area (TPSA) is 55.1 Å². The number of hydrogen-bond donors (Lipinski definition) is 2. The van der Waals surface area contributed by atoms with Crippen LogP contribution in [0.3, 0.4) is 0 Å². The highest BCUT2D eigenvalue weighted by atomic mass is 79.9. The molecule has 3 N–H and O–H groups in total. The minimum atomic E-state index is -0.872. The lowest BCUT2D eigenvalue weighted by atomic mass is 9.81. The van der Waals surface area contributed by atoms with Crippen molar-refractivity contribution in [3.63, 3.8) is 0 Å². The normalized spacial score (nSPS) is 11.2. The van der Waals surface area contributed by atoms with Crippen molar-refractivity contribution in [1.82, 2.24) is 0 Å². The lowest BCUT2D eigenvalue weighted by molar-refractivity contribution is -0.122. The molecule has 20 heavy (non-hydrogen) atoms. The van der Waals surface area contributed by atoms with E-state index >= 15 is 0 Å². The zero-order chi connectivity index (χ0) is 15.5. The van der Waals surface area contributed by atoms with Gasteiger partial charge in [0.05, 0.1) is 14.9 Å². The van der Waals surface area contributed by atoms with Gasteiger partial charge in [0.25, 0.3) is 0 Å². The fraction of sp³-hybridized carbons (Fsp3) is 0.429. The summed E-state index contributed by atoms with van der Waals surface area (Å²) in [7, 11) is 0. The van der Waals surface area contributed by atoms with Crippen molar-refractivity contribution in [1.29, 1.82) is 0 Å². The summed E-state index contributed by atoms with van der Waals surface area (Å²) in [5, 5.41) is 2.80. The van der Waals surface area contributed by atoms with Crippen LogP contribution in [0.25, 0.3) is 0 Å². The number of thiocarbonyl (C=S) groups is 1. The molecule has 6 heteroatoms. The minimum absolute atomic E-state index is 0.179. The van der Waals surface area contributed by atoms with Gasteiger partial charge in [0.15, 0.2) is 0 Å². The first-order valence-corrected chi connectivity index (χ1v) is 7.55. The summed E-state index contributed by atoms with van der Waals surface area (Å²) in [5.74, 6) is -0.622. The average Bonchev–Trinajstić information content (AvgIpc) is 2.37. The molecule has 0 heterocycles. The van der Waals surface area contributed by atoms with E-state index in [1.54, 1.807) is 6.92 Å². The standard InChI is InChI=1S/C14H18BrFN2OS/c1-4-14(5-2,12(17)20)13(19)18-11-7-9(15)10(16)6-8(11)3/h6-7H,4-5H2,1-3H3,(H2,17,20)(H,18,19). The zero-order valence-corrected chi connectivity index (χ0v) is 14.1. The molecule has 0 spiro atoms. The summed E-state index contributed by atoms with van der Waals surface area (Å²) in [4.78, 5) is 12.7. The number of amides is 1. The Hall–Kier alpha value is -1.01. The third-order valence-corrected chi connectivity index (χ3v) is 4.63. The maximum Gasteiger partial charge on any atom is 0.237 e. The highest BCUT2D eigenvalue weighted by Crippen LogP contribution is 2.31. The second-order valence-electron chi connectivity index (χ2n) is 4.69. The van der Waals surface area contributed by atoms with Crippen molar-refractivity contribution < 1.29 is 9.18 Å². The second-order valence-corrected chi connectivity index (χ2v) is 5.98. The molecule has 0 bridgehead atoms. The van der Waals surface area contributed by atoms with Crippen LogP contribution in [-0.2, 0) is 4.79 Å². The van der Waals surface area contributed by atoms with Gasteiger partial charge in [-0.1, -0.05) is 26.1 Å². The van der Waals surface area contributed by atoms with Crippen molar-refractivity contribution in [2.45, 2.75) is 33.6 Å². The van der Waals surface area contributed by atoms with Crippen molar-refractivity contribution in [3.8, 4) is 0 Å². The summed E-state index contributed by atoms with van der Waals surface area (Å²) < 4.78 is 13.7. The Labute approximate surface area is 132 Å². The van der Waals surface area contributed by atoms with E-state index in [1.807, 2.05) is 13.8 Å². The first-order valence-electron chi connectivity index (χ1n) is 6.35. The van der Waals surface area contributed by atoms with Gasteiger partial charge in [-0.05, 0) is 53.4 Å². The summed E-state index contributed by atoms with van der Waals surface area (Å²) >= 11 is 8.15. The third kappa shape index (κ3) is 3.17. The van der Waals surface area contributed by atoms with E-state index in [0.717, 1.165) is 0 Å². The molecule has 3 nitrogen and oxygen atoms in total. The number of rotatable bonds is 5. The van der Waals surface area contributed by atoms with Crippen LogP contribution in [-0.4, -0.2) is 10.9 Å². The Morgan fingerprint density at radius 1 is 1.45 bits per heavy atom. The lowest BCUT2D eigenvalue weighted by Crippen LogP contribution is -2.45. The van der Waals surface area contributed by atoms with Gasteiger partial charge in [-0.3, -0.25) is 4.79 Å². The van der Waals surface area contributed by atoms with Crippen molar-refractivity contribution >= 4 is 44.7 Å². The molecule has 0 aliphatic rings.